The molecule has 0 spiro atoms. The maximum Gasteiger partial charge on any atom is 0.337 e. The van der Waals surface area contributed by atoms with Crippen LogP contribution >= 0.6 is 22.6 Å². The average molecular weight is 477 g/mol. The van der Waals surface area contributed by atoms with Crippen LogP contribution in [-0.4, -0.2) is 17.9 Å². The summed E-state index contributed by atoms with van der Waals surface area (Å²) in [4.78, 5) is 26.0. The summed E-state index contributed by atoms with van der Waals surface area (Å²) in [5.74, 6) is -0.468. The van der Waals surface area contributed by atoms with Gasteiger partial charge < -0.3 is 10.1 Å². The van der Waals surface area contributed by atoms with Crippen LogP contribution in [0.2, 0.25) is 0 Å². The molecule has 1 atom stereocenters. The van der Waals surface area contributed by atoms with Crippen LogP contribution in [0.25, 0.3) is 0 Å². The Morgan fingerprint density at radius 1 is 1.19 bits per heavy atom. The van der Waals surface area contributed by atoms with Crippen molar-refractivity contribution in [1.29, 1.82) is 0 Å². The highest BCUT2D eigenvalue weighted by Crippen LogP contribution is 2.43. The molecule has 4 nitrogen and oxygen atoms in total. The first kappa shape index (κ1) is 18.7. The number of dihydropyridines is 1. The SMILES string of the molecule is CC1=C(C(=O)OC2CCCC2)[C@H](c2cccc(I)c2)C2=C(CCCC2=O)N1. The molecule has 142 valence electrons. The summed E-state index contributed by atoms with van der Waals surface area (Å²) in [5.41, 5.74) is 4.13. The predicted molar refractivity (Wildman–Crippen MR) is 112 cm³/mol. The lowest BCUT2D eigenvalue weighted by Crippen LogP contribution is -2.35. The van der Waals surface area contributed by atoms with E-state index in [-0.39, 0.29) is 23.8 Å². The van der Waals surface area contributed by atoms with Crippen molar-refractivity contribution in [3.8, 4) is 0 Å². The topological polar surface area (TPSA) is 55.4 Å². The second kappa shape index (κ2) is 7.78. The fourth-order valence-electron chi connectivity index (χ4n) is 4.49. The van der Waals surface area contributed by atoms with Crippen LogP contribution in [0, 0.1) is 3.57 Å². The van der Waals surface area contributed by atoms with Gasteiger partial charge in [-0.05, 0) is 85.7 Å². The maximum absolute atomic E-state index is 13.2. The van der Waals surface area contributed by atoms with E-state index in [1.807, 2.05) is 25.1 Å². The van der Waals surface area contributed by atoms with E-state index in [1.165, 1.54) is 0 Å². The summed E-state index contributed by atoms with van der Waals surface area (Å²) < 4.78 is 6.94. The number of ether oxygens (including phenoxy) is 1. The van der Waals surface area contributed by atoms with E-state index in [1.54, 1.807) is 0 Å². The van der Waals surface area contributed by atoms with Gasteiger partial charge in [0, 0.05) is 32.9 Å². The van der Waals surface area contributed by atoms with Gasteiger partial charge in [-0.15, -0.1) is 0 Å². The third-order valence-electron chi connectivity index (χ3n) is 5.75. The van der Waals surface area contributed by atoms with E-state index in [0.717, 1.165) is 64.6 Å². The number of allylic oxidation sites excluding steroid dienone is 3. The van der Waals surface area contributed by atoms with Crippen molar-refractivity contribution in [2.24, 2.45) is 0 Å². The molecule has 0 unspecified atom stereocenters. The summed E-state index contributed by atoms with van der Waals surface area (Å²) in [6, 6.07) is 8.10. The van der Waals surface area contributed by atoms with Gasteiger partial charge in [0.25, 0.3) is 0 Å². The largest absolute Gasteiger partial charge is 0.459 e. The minimum atomic E-state index is -0.335. The molecule has 1 aliphatic heterocycles. The number of benzene rings is 1. The molecule has 3 aliphatic rings. The lowest BCUT2D eigenvalue weighted by molar-refractivity contribution is -0.144. The molecule has 1 N–H and O–H groups in total. The molecule has 0 amide bonds. The Labute approximate surface area is 173 Å². The fraction of sp³-hybridized carbons (Fsp3) is 0.455. The summed E-state index contributed by atoms with van der Waals surface area (Å²) in [7, 11) is 0. The minimum absolute atomic E-state index is 0.00629. The van der Waals surface area contributed by atoms with E-state index in [2.05, 4.69) is 34.0 Å². The Bertz CT molecular complexity index is 849. The summed E-state index contributed by atoms with van der Waals surface area (Å²) in [6.45, 7) is 1.93. The van der Waals surface area contributed by atoms with E-state index >= 15 is 0 Å². The van der Waals surface area contributed by atoms with Crippen LogP contribution in [0.4, 0.5) is 0 Å². The van der Waals surface area contributed by atoms with Crippen molar-refractivity contribution in [1.82, 2.24) is 5.32 Å². The normalized spacial score (nSPS) is 23.3. The van der Waals surface area contributed by atoms with Crippen molar-refractivity contribution in [2.45, 2.75) is 63.9 Å². The smallest absolute Gasteiger partial charge is 0.337 e. The third kappa shape index (κ3) is 3.71. The van der Waals surface area contributed by atoms with Gasteiger partial charge in [0.15, 0.2) is 5.78 Å². The molecule has 0 bridgehead atoms. The van der Waals surface area contributed by atoms with Crippen molar-refractivity contribution < 1.29 is 14.3 Å². The number of halogens is 1. The number of nitrogens with one attached hydrogen (secondary N) is 1. The summed E-state index contributed by atoms with van der Waals surface area (Å²) in [5, 5.41) is 3.35. The van der Waals surface area contributed by atoms with Crippen LogP contribution < -0.4 is 5.32 Å². The van der Waals surface area contributed by atoms with Crippen LogP contribution in [0.5, 0.6) is 0 Å². The Balaban J connectivity index is 1.77. The van der Waals surface area contributed by atoms with Crippen molar-refractivity contribution in [3.05, 3.63) is 55.9 Å². The summed E-state index contributed by atoms with van der Waals surface area (Å²) in [6.07, 6.45) is 6.36. The third-order valence-corrected chi connectivity index (χ3v) is 6.42. The number of esters is 1. The zero-order valence-electron chi connectivity index (χ0n) is 15.5. The van der Waals surface area contributed by atoms with Gasteiger partial charge in [-0.1, -0.05) is 12.1 Å². The number of carbonyl (C=O) groups excluding carboxylic acids is 2. The average Bonchev–Trinajstić information content (AvgIpc) is 3.13. The number of Topliss-reactive ketones (excluding diaryl/α,β-unsaturated/α-hetero) is 1. The molecule has 1 saturated carbocycles. The molecule has 1 aromatic rings. The van der Waals surface area contributed by atoms with Crippen molar-refractivity contribution in [2.75, 3.05) is 0 Å². The van der Waals surface area contributed by atoms with Gasteiger partial charge in [-0.3, -0.25) is 4.79 Å². The van der Waals surface area contributed by atoms with Gasteiger partial charge in [0.2, 0.25) is 0 Å². The first-order valence-electron chi connectivity index (χ1n) is 9.75. The standard InChI is InChI=1S/C22H24INO3/c1-13-19(22(26)27-16-8-2-3-9-16)20(14-6-4-7-15(23)12-14)21-17(24-13)10-5-11-18(21)25/h4,6-7,12,16,20,24H,2-3,5,8-11H2,1H3/t20-/m0/s1. The molecule has 0 saturated heterocycles. The molecular weight excluding hydrogens is 453 g/mol. The first-order valence-corrected chi connectivity index (χ1v) is 10.8. The lowest BCUT2D eigenvalue weighted by Gasteiger charge is -2.34. The van der Waals surface area contributed by atoms with E-state index < -0.39 is 0 Å². The highest BCUT2D eigenvalue weighted by Gasteiger charge is 2.39. The number of ketones is 1. The molecule has 0 aromatic heterocycles. The number of carbonyl (C=O) groups is 2. The van der Waals surface area contributed by atoms with Gasteiger partial charge >= 0.3 is 5.97 Å². The number of hydrogen-bond donors (Lipinski definition) is 1. The molecule has 1 fully saturated rings. The van der Waals surface area contributed by atoms with Gasteiger partial charge in [0.1, 0.15) is 6.10 Å². The van der Waals surface area contributed by atoms with E-state index in [9.17, 15) is 9.59 Å². The van der Waals surface area contributed by atoms with Gasteiger partial charge in [-0.2, -0.15) is 0 Å². The Morgan fingerprint density at radius 3 is 2.70 bits per heavy atom. The van der Waals surface area contributed by atoms with E-state index in [4.69, 9.17) is 4.74 Å². The highest BCUT2D eigenvalue weighted by molar-refractivity contribution is 14.1. The first-order chi connectivity index (χ1) is 13.0. The lowest BCUT2D eigenvalue weighted by atomic mass is 9.75. The molecule has 1 heterocycles. The molecule has 2 aliphatic carbocycles. The molecular formula is C22H24INO3. The quantitative estimate of drug-likeness (QED) is 0.505. The second-order valence-electron chi connectivity index (χ2n) is 7.63. The molecule has 4 rings (SSSR count). The monoisotopic (exact) mass is 477 g/mol. The van der Waals surface area contributed by atoms with E-state index in [0.29, 0.717) is 12.0 Å². The van der Waals surface area contributed by atoms with Crippen LogP contribution in [0.1, 0.15) is 63.4 Å². The predicted octanol–water partition coefficient (Wildman–Crippen LogP) is 4.74. The minimum Gasteiger partial charge on any atom is -0.459 e. The Kier molecular flexibility index (Phi) is 5.39. The number of rotatable bonds is 3. The van der Waals surface area contributed by atoms with Crippen molar-refractivity contribution >= 4 is 34.3 Å². The Morgan fingerprint density at radius 2 is 1.96 bits per heavy atom. The zero-order chi connectivity index (χ0) is 19.0. The fourth-order valence-corrected chi connectivity index (χ4v) is 5.06. The van der Waals surface area contributed by atoms with Crippen molar-refractivity contribution in [3.63, 3.8) is 0 Å². The molecule has 0 radical (unpaired) electrons. The van der Waals surface area contributed by atoms with Crippen LogP contribution in [0.3, 0.4) is 0 Å². The van der Waals surface area contributed by atoms with Gasteiger partial charge in [0.05, 0.1) is 5.57 Å². The highest BCUT2D eigenvalue weighted by atomic mass is 127. The Hall–Kier alpha value is -1.63. The second-order valence-corrected chi connectivity index (χ2v) is 8.88. The molecule has 27 heavy (non-hydrogen) atoms. The zero-order valence-corrected chi connectivity index (χ0v) is 17.7. The molecule has 1 aromatic carbocycles. The van der Waals surface area contributed by atoms with Crippen LogP contribution in [-0.2, 0) is 14.3 Å². The molecule has 5 heteroatoms. The maximum atomic E-state index is 13.2. The summed E-state index contributed by atoms with van der Waals surface area (Å²) >= 11 is 2.28. The van der Waals surface area contributed by atoms with Gasteiger partial charge in [-0.25, -0.2) is 4.79 Å². The number of hydrogen-bond acceptors (Lipinski definition) is 4. The van der Waals surface area contributed by atoms with Crippen LogP contribution in [0.15, 0.2) is 46.8 Å².